The average Bonchev–Trinajstić information content (AvgIpc) is 2.38. The van der Waals surface area contributed by atoms with Crippen LogP contribution in [0.4, 0.5) is 0 Å². The summed E-state index contributed by atoms with van der Waals surface area (Å²) in [6.07, 6.45) is 0.914. The summed E-state index contributed by atoms with van der Waals surface area (Å²) < 4.78 is 5.26. The van der Waals surface area contributed by atoms with Gasteiger partial charge in [-0.05, 0) is 25.0 Å². The van der Waals surface area contributed by atoms with Gasteiger partial charge in [0.15, 0.2) is 0 Å². The normalized spacial score (nSPS) is 12.2. The van der Waals surface area contributed by atoms with E-state index in [1.807, 2.05) is 38.1 Å². The number of carbonyl (C=O) groups is 1. The number of amides is 1. The predicted molar refractivity (Wildman–Crippen MR) is 73.7 cm³/mol. The van der Waals surface area contributed by atoms with Crippen molar-refractivity contribution in [2.45, 2.75) is 26.3 Å². The van der Waals surface area contributed by atoms with Crippen molar-refractivity contribution in [1.29, 1.82) is 0 Å². The van der Waals surface area contributed by atoms with Crippen molar-refractivity contribution in [2.75, 3.05) is 20.3 Å². The highest BCUT2D eigenvalue weighted by molar-refractivity contribution is 6.31. The van der Waals surface area contributed by atoms with E-state index in [1.165, 1.54) is 0 Å². The van der Waals surface area contributed by atoms with Crippen molar-refractivity contribution >= 4 is 17.5 Å². The van der Waals surface area contributed by atoms with Crippen LogP contribution in [0.15, 0.2) is 24.3 Å². The summed E-state index contributed by atoms with van der Waals surface area (Å²) in [6.45, 7) is 4.71. The van der Waals surface area contributed by atoms with Gasteiger partial charge in [-0.2, -0.15) is 0 Å². The Kier molecular flexibility index (Phi) is 6.16. The summed E-state index contributed by atoms with van der Waals surface area (Å²) in [5, 5.41) is 0.680. The van der Waals surface area contributed by atoms with Gasteiger partial charge in [-0.25, -0.2) is 0 Å². The van der Waals surface area contributed by atoms with Gasteiger partial charge >= 0.3 is 0 Å². The number of rotatable bonds is 6. The van der Waals surface area contributed by atoms with Gasteiger partial charge < -0.3 is 9.64 Å². The molecule has 3 nitrogen and oxygen atoms in total. The van der Waals surface area contributed by atoms with E-state index in [0.717, 1.165) is 12.0 Å². The fraction of sp³-hybridized carbons (Fsp3) is 0.500. The van der Waals surface area contributed by atoms with Crippen molar-refractivity contribution in [3.8, 4) is 0 Å². The molecular formula is C14H20ClNO2. The number of likely N-dealkylation sites (N-methyl/N-ethyl adjacent to an activating group) is 1. The first-order valence-electron chi connectivity index (χ1n) is 6.15. The van der Waals surface area contributed by atoms with Crippen LogP contribution in [0.25, 0.3) is 0 Å². The first kappa shape index (κ1) is 15.0. The highest BCUT2D eigenvalue weighted by Gasteiger charge is 2.18. The number of nitrogens with zero attached hydrogens (tertiary/aromatic N) is 1. The number of ether oxygens (including phenoxy) is 1. The van der Waals surface area contributed by atoms with Crippen LogP contribution in [-0.4, -0.2) is 31.1 Å². The molecule has 1 amide bonds. The summed E-state index contributed by atoms with van der Waals surface area (Å²) in [5.74, 6) is -0.0316. The maximum atomic E-state index is 11.9. The van der Waals surface area contributed by atoms with Gasteiger partial charge in [-0.3, -0.25) is 4.79 Å². The topological polar surface area (TPSA) is 29.5 Å². The second-order valence-corrected chi connectivity index (χ2v) is 4.66. The fourth-order valence-corrected chi connectivity index (χ4v) is 1.94. The first-order chi connectivity index (χ1) is 8.57. The lowest BCUT2D eigenvalue weighted by atomic mass is 10.1. The van der Waals surface area contributed by atoms with Crippen molar-refractivity contribution in [2.24, 2.45) is 0 Å². The van der Waals surface area contributed by atoms with Crippen molar-refractivity contribution < 1.29 is 9.53 Å². The molecule has 0 radical (unpaired) electrons. The zero-order chi connectivity index (χ0) is 13.5. The second kappa shape index (κ2) is 7.39. The Hall–Kier alpha value is -1.06. The number of benzene rings is 1. The van der Waals surface area contributed by atoms with Gasteiger partial charge in [0.05, 0.1) is 6.04 Å². The fourth-order valence-electron chi connectivity index (χ4n) is 1.64. The Morgan fingerprint density at radius 1 is 1.44 bits per heavy atom. The maximum Gasteiger partial charge on any atom is 0.248 e. The molecule has 0 aliphatic heterocycles. The molecule has 1 rings (SSSR count). The molecule has 0 spiro atoms. The Morgan fingerprint density at radius 2 is 2.11 bits per heavy atom. The number of halogens is 1. The van der Waals surface area contributed by atoms with Gasteiger partial charge in [0, 0.05) is 18.7 Å². The molecule has 1 aromatic rings. The Balaban J connectivity index is 2.63. The largest absolute Gasteiger partial charge is 0.372 e. The lowest BCUT2D eigenvalue weighted by Crippen LogP contribution is -2.33. The van der Waals surface area contributed by atoms with E-state index in [1.54, 1.807) is 11.9 Å². The predicted octanol–water partition coefficient (Wildman–Crippen LogP) is 3.29. The van der Waals surface area contributed by atoms with Gasteiger partial charge in [0.25, 0.3) is 0 Å². The molecule has 1 unspecified atom stereocenters. The minimum absolute atomic E-state index is 0.0316. The smallest absolute Gasteiger partial charge is 0.248 e. The van der Waals surface area contributed by atoms with E-state index in [0.29, 0.717) is 11.6 Å². The molecule has 0 fully saturated rings. The van der Waals surface area contributed by atoms with E-state index in [2.05, 4.69) is 0 Å². The molecule has 0 heterocycles. The zero-order valence-corrected chi connectivity index (χ0v) is 11.9. The van der Waals surface area contributed by atoms with Gasteiger partial charge in [0.1, 0.15) is 6.61 Å². The molecule has 0 aromatic heterocycles. The first-order valence-corrected chi connectivity index (χ1v) is 6.53. The lowest BCUT2D eigenvalue weighted by molar-refractivity contribution is -0.136. The van der Waals surface area contributed by atoms with Crippen LogP contribution in [0.5, 0.6) is 0 Å². The summed E-state index contributed by atoms with van der Waals surface area (Å²) >= 11 is 6.13. The highest BCUT2D eigenvalue weighted by Crippen LogP contribution is 2.26. The van der Waals surface area contributed by atoms with Crippen LogP contribution in [0, 0.1) is 0 Å². The van der Waals surface area contributed by atoms with Crippen LogP contribution in [0.3, 0.4) is 0 Å². The molecular weight excluding hydrogens is 250 g/mol. The minimum Gasteiger partial charge on any atom is -0.372 e. The average molecular weight is 270 g/mol. The van der Waals surface area contributed by atoms with E-state index < -0.39 is 0 Å². The maximum absolute atomic E-state index is 11.9. The number of carbonyl (C=O) groups excluding carboxylic acids is 1. The van der Waals surface area contributed by atoms with Gasteiger partial charge in [0.2, 0.25) is 5.91 Å². The van der Waals surface area contributed by atoms with Crippen LogP contribution < -0.4 is 0 Å². The van der Waals surface area contributed by atoms with E-state index in [-0.39, 0.29) is 18.6 Å². The van der Waals surface area contributed by atoms with Crippen molar-refractivity contribution in [1.82, 2.24) is 4.90 Å². The van der Waals surface area contributed by atoms with E-state index in [4.69, 9.17) is 16.3 Å². The number of hydrogen-bond acceptors (Lipinski definition) is 2. The summed E-state index contributed by atoms with van der Waals surface area (Å²) in [7, 11) is 1.77. The highest BCUT2D eigenvalue weighted by atomic mass is 35.5. The van der Waals surface area contributed by atoms with E-state index >= 15 is 0 Å². The molecule has 0 N–H and O–H groups in total. The minimum atomic E-state index is -0.0589. The molecule has 1 atom stereocenters. The number of hydrogen-bond donors (Lipinski definition) is 0. The van der Waals surface area contributed by atoms with Crippen molar-refractivity contribution in [3.63, 3.8) is 0 Å². The standard InChI is InChI=1S/C14H20ClNO2/c1-4-9-18-10-14(17)16(3)11(2)12-7-5-6-8-13(12)15/h5-8,11H,4,9-10H2,1-3H3. The molecule has 0 saturated carbocycles. The van der Waals surface area contributed by atoms with Crippen LogP contribution in [-0.2, 0) is 9.53 Å². The molecule has 0 aliphatic carbocycles. The molecule has 0 bridgehead atoms. The Labute approximate surface area is 114 Å². The summed E-state index contributed by atoms with van der Waals surface area (Å²) in [5.41, 5.74) is 0.950. The van der Waals surface area contributed by atoms with Crippen LogP contribution in [0.2, 0.25) is 5.02 Å². The Bertz CT molecular complexity index is 395. The molecule has 0 saturated heterocycles. The zero-order valence-electron chi connectivity index (χ0n) is 11.1. The quantitative estimate of drug-likeness (QED) is 0.742. The lowest BCUT2D eigenvalue weighted by Gasteiger charge is -2.26. The molecule has 0 aliphatic rings. The molecule has 4 heteroatoms. The third-order valence-corrected chi connectivity index (χ3v) is 3.25. The SMILES string of the molecule is CCCOCC(=O)N(C)C(C)c1ccccc1Cl. The van der Waals surface area contributed by atoms with Crippen LogP contribution >= 0.6 is 11.6 Å². The third-order valence-electron chi connectivity index (χ3n) is 2.90. The molecule has 18 heavy (non-hydrogen) atoms. The molecule has 100 valence electrons. The van der Waals surface area contributed by atoms with Crippen molar-refractivity contribution in [3.05, 3.63) is 34.9 Å². The summed E-state index contributed by atoms with van der Waals surface area (Å²) in [6, 6.07) is 7.51. The molecule has 1 aromatic carbocycles. The summed E-state index contributed by atoms with van der Waals surface area (Å²) in [4.78, 5) is 13.6. The van der Waals surface area contributed by atoms with E-state index in [9.17, 15) is 4.79 Å². The van der Waals surface area contributed by atoms with Gasteiger partial charge in [-0.1, -0.05) is 36.7 Å². The van der Waals surface area contributed by atoms with Gasteiger partial charge in [-0.15, -0.1) is 0 Å². The Morgan fingerprint density at radius 3 is 2.72 bits per heavy atom. The monoisotopic (exact) mass is 269 g/mol. The second-order valence-electron chi connectivity index (χ2n) is 4.25. The van der Waals surface area contributed by atoms with Crippen LogP contribution in [0.1, 0.15) is 31.9 Å². The third kappa shape index (κ3) is 4.00.